The van der Waals surface area contributed by atoms with Crippen LogP contribution in [0.25, 0.3) is 0 Å². The molecule has 0 aliphatic rings. The van der Waals surface area contributed by atoms with E-state index < -0.39 is 0 Å². The lowest BCUT2D eigenvalue weighted by molar-refractivity contribution is 0.102. The zero-order valence-electron chi connectivity index (χ0n) is 16.5. The minimum atomic E-state index is -0.287. The van der Waals surface area contributed by atoms with E-state index in [4.69, 9.17) is 25.8 Å². The summed E-state index contributed by atoms with van der Waals surface area (Å²) in [5.74, 6) is 1.63. The van der Waals surface area contributed by atoms with Crippen molar-refractivity contribution in [1.29, 1.82) is 0 Å². The van der Waals surface area contributed by atoms with Crippen molar-refractivity contribution < 1.29 is 19.0 Å². The van der Waals surface area contributed by atoms with Crippen molar-refractivity contribution in [1.82, 2.24) is 0 Å². The van der Waals surface area contributed by atoms with Crippen LogP contribution in [0.5, 0.6) is 17.2 Å². The summed E-state index contributed by atoms with van der Waals surface area (Å²) in [7, 11) is 3.12. The molecule has 0 atom stereocenters. The van der Waals surface area contributed by atoms with E-state index in [2.05, 4.69) is 5.32 Å². The van der Waals surface area contributed by atoms with Crippen LogP contribution in [0, 0.1) is 6.92 Å². The van der Waals surface area contributed by atoms with Crippen LogP contribution in [0.1, 0.15) is 21.5 Å². The van der Waals surface area contributed by atoms with E-state index in [9.17, 15) is 4.79 Å². The van der Waals surface area contributed by atoms with Gasteiger partial charge in [0.25, 0.3) is 5.91 Å². The van der Waals surface area contributed by atoms with E-state index >= 15 is 0 Å². The van der Waals surface area contributed by atoms with E-state index in [-0.39, 0.29) is 12.5 Å². The zero-order chi connectivity index (χ0) is 20.8. The molecule has 3 aromatic rings. The van der Waals surface area contributed by atoms with E-state index in [1.54, 1.807) is 43.5 Å². The number of amides is 1. The molecule has 0 bridgehead atoms. The molecule has 6 heteroatoms. The molecule has 0 unspecified atom stereocenters. The number of hydrogen-bond donors (Lipinski definition) is 1. The third kappa shape index (κ3) is 5.21. The maximum atomic E-state index is 12.8. The van der Waals surface area contributed by atoms with Crippen molar-refractivity contribution in [3.05, 3.63) is 82.4 Å². The highest BCUT2D eigenvalue weighted by atomic mass is 35.5. The normalized spacial score (nSPS) is 10.3. The first-order valence-electron chi connectivity index (χ1n) is 9.01. The largest absolute Gasteiger partial charge is 0.496 e. The van der Waals surface area contributed by atoms with Crippen molar-refractivity contribution in [2.45, 2.75) is 13.5 Å². The quantitative estimate of drug-likeness (QED) is 0.558. The number of halogens is 1. The Morgan fingerprint density at radius 2 is 1.62 bits per heavy atom. The SMILES string of the molecule is COc1ccc(C(=O)Nc2cc(Cl)ccc2OC)cc1COc1ccc(C)cc1. The minimum absolute atomic E-state index is 0.272. The maximum Gasteiger partial charge on any atom is 0.255 e. The van der Waals surface area contributed by atoms with Gasteiger partial charge in [0.2, 0.25) is 0 Å². The second kappa shape index (κ2) is 9.34. The molecule has 3 aromatic carbocycles. The number of carbonyl (C=O) groups excluding carboxylic acids is 1. The Morgan fingerprint density at radius 1 is 0.931 bits per heavy atom. The molecule has 3 rings (SSSR count). The highest BCUT2D eigenvalue weighted by molar-refractivity contribution is 6.31. The fraction of sp³-hybridized carbons (Fsp3) is 0.174. The third-order valence-corrected chi connectivity index (χ3v) is 4.60. The highest BCUT2D eigenvalue weighted by Crippen LogP contribution is 2.29. The number of nitrogens with one attached hydrogen (secondary N) is 1. The monoisotopic (exact) mass is 411 g/mol. The number of aryl methyl sites for hydroxylation is 1. The number of anilines is 1. The number of methoxy groups -OCH3 is 2. The van der Waals surface area contributed by atoms with Gasteiger partial charge in [-0.25, -0.2) is 0 Å². The van der Waals surface area contributed by atoms with Crippen molar-refractivity contribution in [3.63, 3.8) is 0 Å². The Labute approximate surface area is 175 Å². The van der Waals surface area contributed by atoms with Crippen LogP contribution in [-0.4, -0.2) is 20.1 Å². The molecular formula is C23H22ClNO4. The molecule has 0 aliphatic heterocycles. The first-order valence-corrected chi connectivity index (χ1v) is 9.39. The van der Waals surface area contributed by atoms with Crippen LogP contribution in [0.15, 0.2) is 60.7 Å². The van der Waals surface area contributed by atoms with Gasteiger partial charge in [0.05, 0.1) is 19.9 Å². The van der Waals surface area contributed by atoms with Crippen LogP contribution in [-0.2, 0) is 6.61 Å². The molecule has 0 fully saturated rings. The summed E-state index contributed by atoms with van der Waals surface area (Å²) >= 11 is 6.04. The molecule has 0 saturated heterocycles. The number of benzene rings is 3. The first kappa shape index (κ1) is 20.6. The molecule has 5 nitrogen and oxygen atoms in total. The van der Waals surface area contributed by atoms with E-state index in [0.717, 1.165) is 16.9 Å². The molecule has 150 valence electrons. The van der Waals surface area contributed by atoms with Gasteiger partial charge >= 0.3 is 0 Å². The van der Waals surface area contributed by atoms with Crippen LogP contribution in [0.2, 0.25) is 5.02 Å². The van der Waals surface area contributed by atoms with Crippen molar-refractivity contribution in [3.8, 4) is 17.2 Å². The Kier molecular flexibility index (Phi) is 6.62. The molecular weight excluding hydrogens is 390 g/mol. The maximum absolute atomic E-state index is 12.8. The van der Waals surface area contributed by atoms with Gasteiger partial charge in [-0.2, -0.15) is 0 Å². The number of hydrogen-bond acceptors (Lipinski definition) is 4. The third-order valence-electron chi connectivity index (χ3n) is 4.37. The van der Waals surface area contributed by atoms with Crippen molar-refractivity contribution in [2.24, 2.45) is 0 Å². The van der Waals surface area contributed by atoms with Crippen LogP contribution < -0.4 is 19.5 Å². The second-order valence-corrected chi connectivity index (χ2v) is 6.86. The molecule has 0 radical (unpaired) electrons. The van der Waals surface area contributed by atoms with Gasteiger partial charge in [0, 0.05) is 16.1 Å². The summed E-state index contributed by atoms with van der Waals surface area (Å²) in [5.41, 5.74) is 2.89. The predicted molar refractivity (Wildman–Crippen MR) is 114 cm³/mol. The van der Waals surface area contributed by atoms with Gasteiger partial charge in [-0.3, -0.25) is 4.79 Å². The molecule has 29 heavy (non-hydrogen) atoms. The van der Waals surface area contributed by atoms with E-state index in [1.165, 1.54) is 7.11 Å². The molecule has 1 N–H and O–H groups in total. The Hall–Kier alpha value is -3.18. The van der Waals surface area contributed by atoms with E-state index in [0.29, 0.717) is 27.8 Å². The summed E-state index contributed by atoms with van der Waals surface area (Å²) in [5, 5.41) is 3.34. The summed E-state index contributed by atoms with van der Waals surface area (Å²) in [4.78, 5) is 12.8. The lowest BCUT2D eigenvalue weighted by atomic mass is 10.1. The van der Waals surface area contributed by atoms with Gasteiger partial charge in [0.15, 0.2) is 0 Å². The fourth-order valence-electron chi connectivity index (χ4n) is 2.80. The second-order valence-electron chi connectivity index (χ2n) is 6.43. The van der Waals surface area contributed by atoms with Gasteiger partial charge in [-0.1, -0.05) is 29.3 Å². The predicted octanol–water partition coefficient (Wildman–Crippen LogP) is 5.50. The Morgan fingerprint density at radius 3 is 2.31 bits per heavy atom. The number of carbonyl (C=O) groups is 1. The van der Waals surface area contributed by atoms with Crippen molar-refractivity contribution >= 4 is 23.2 Å². The average Bonchev–Trinajstić information content (AvgIpc) is 2.73. The van der Waals surface area contributed by atoms with Crippen LogP contribution >= 0.6 is 11.6 Å². The van der Waals surface area contributed by atoms with Crippen molar-refractivity contribution in [2.75, 3.05) is 19.5 Å². The first-order chi connectivity index (χ1) is 14.0. The smallest absolute Gasteiger partial charge is 0.255 e. The minimum Gasteiger partial charge on any atom is -0.496 e. The Balaban J connectivity index is 1.79. The number of rotatable bonds is 7. The number of ether oxygens (including phenoxy) is 3. The van der Waals surface area contributed by atoms with E-state index in [1.807, 2.05) is 31.2 Å². The zero-order valence-corrected chi connectivity index (χ0v) is 17.2. The van der Waals surface area contributed by atoms with Crippen LogP contribution in [0.3, 0.4) is 0 Å². The lowest BCUT2D eigenvalue weighted by Gasteiger charge is -2.14. The molecule has 1 amide bonds. The summed E-state index contributed by atoms with van der Waals surface area (Å²) in [6.07, 6.45) is 0. The fourth-order valence-corrected chi connectivity index (χ4v) is 2.97. The molecule has 0 heterocycles. The topological polar surface area (TPSA) is 56.8 Å². The molecule has 0 spiro atoms. The van der Waals surface area contributed by atoms with Gasteiger partial charge < -0.3 is 19.5 Å². The van der Waals surface area contributed by atoms with Gasteiger partial charge in [0.1, 0.15) is 23.9 Å². The Bertz CT molecular complexity index is 1000. The molecule has 0 aromatic heterocycles. The average molecular weight is 412 g/mol. The van der Waals surface area contributed by atoms with Gasteiger partial charge in [-0.15, -0.1) is 0 Å². The lowest BCUT2D eigenvalue weighted by Crippen LogP contribution is -2.13. The molecule has 0 saturated carbocycles. The summed E-state index contributed by atoms with van der Waals surface area (Å²) < 4.78 is 16.5. The summed E-state index contributed by atoms with van der Waals surface area (Å²) in [6.45, 7) is 2.29. The standard InChI is InChI=1S/C23H22ClNO4/c1-15-4-8-19(9-5-15)29-14-17-12-16(6-10-21(17)27-2)23(26)25-20-13-18(24)7-11-22(20)28-3/h4-13H,14H2,1-3H3,(H,25,26). The molecule has 0 aliphatic carbocycles. The summed E-state index contributed by atoms with van der Waals surface area (Å²) in [6, 6.07) is 18.0. The van der Waals surface area contributed by atoms with Gasteiger partial charge in [-0.05, 0) is 55.5 Å². The van der Waals surface area contributed by atoms with Crippen LogP contribution in [0.4, 0.5) is 5.69 Å². The highest BCUT2D eigenvalue weighted by Gasteiger charge is 2.14.